The van der Waals surface area contributed by atoms with E-state index in [0.717, 1.165) is 17.7 Å². The van der Waals surface area contributed by atoms with Crippen LogP contribution in [0, 0.1) is 0 Å². The monoisotopic (exact) mass is 326 g/mol. The van der Waals surface area contributed by atoms with Gasteiger partial charge in [-0.25, -0.2) is 0 Å². The van der Waals surface area contributed by atoms with Crippen LogP contribution in [-0.2, 0) is 22.6 Å². The Morgan fingerprint density at radius 3 is 2.71 bits per heavy atom. The molecule has 0 spiro atoms. The second kappa shape index (κ2) is 7.34. The van der Waals surface area contributed by atoms with Crippen LogP contribution in [0.1, 0.15) is 37.0 Å². The maximum Gasteiger partial charge on any atom is 0.220 e. The van der Waals surface area contributed by atoms with Gasteiger partial charge in [0.2, 0.25) is 11.8 Å². The Bertz CT molecular complexity index is 682. The Balaban J connectivity index is 1.53. The van der Waals surface area contributed by atoms with Crippen molar-refractivity contribution in [2.45, 2.75) is 44.2 Å². The van der Waals surface area contributed by atoms with Crippen LogP contribution in [0.15, 0.2) is 53.1 Å². The van der Waals surface area contributed by atoms with Crippen molar-refractivity contribution in [1.29, 1.82) is 0 Å². The van der Waals surface area contributed by atoms with Gasteiger partial charge in [0.1, 0.15) is 5.76 Å². The van der Waals surface area contributed by atoms with Gasteiger partial charge in [-0.1, -0.05) is 30.3 Å². The van der Waals surface area contributed by atoms with Crippen molar-refractivity contribution in [2.24, 2.45) is 0 Å². The summed E-state index contributed by atoms with van der Waals surface area (Å²) in [4.78, 5) is 23.9. The highest BCUT2D eigenvalue weighted by atomic mass is 16.3. The maximum absolute atomic E-state index is 12.2. The van der Waals surface area contributed by atoms with Crippen molar-refractivity contribution < 1.29 is 14.0 Å². The van der Waals surface area contributed by atoms with Crippen molar-refractivity contribution in [3.63, 3.8) is 0 Å². The van der Waals surface area contributed by atoms with Gasteiger partial charge in [0.05, 0.1) is 6.26 Å². The number of benzene rings is 1. The van der Waals surface area contributed by atoms with E-state index >= 15 is 0 Å². The number of rotatable bonds is 7. The molecule has 1 fully saturated rings. The molecule has 2 aromatic rings. The molecule has 1 aromatic carbocycles. The van der Waals surface area contributed by atoms with Crippen LogP contribution >= 0.6 is 0 Å². The van der Waals surface area contributed by atoms with E-state index in [2.05, 4.69) is 10.6 Å². The predicted molar refractivity (Wildman–Crippen MR) is 90.0 cm³/mol. The maximum atomic E-state index is 12.2. The van der Waals surface area contributed by atoms with Crippen LogP contribution in [0.25, 0.3) is 0 Å². The molecule has 1 saturated heterocycles. The lowest BCUT2D eigenvalue weighted by molar-refractivity contribution is -0.122. The Morgan fingerprint density at radius 2 is 2.04 bits per heavy atom. The molecular weight excluding hydrogens is 304 g/mol. The normalized spacial score (nSPS) is 19.9. The van der Waals surface area contributed by atoms with E-state index in [1.165, 1.54) is 0 Å². The Hall–Kier alpha value is -2.56. The van der Waals surface area contributed by atoms with Crippen molar-refractivity contribution in [3.05, 3.63) is 60.1 Å². The minimum absolute atomic E-state index is 0.00109. The molecule has 5 heteroatoms. The first kappa shape index (κ1) is 16.3. The molecule has 24 heavy (non-hydrogen) atoms. The van der Waals surface area contributed by atoms with Gasteiger partial charge in [0, 0.05) is 31.3 Å². The lowest BCUT2D eigenvalue weighted by atomic mass is 9.87. The average molecular weight is 326 g/mol. The Morgan fingerprint density at radius 1 is 1.21 bits per heavy atom. The molecule has 1 aliphatic heterocycles. The molecule has 126 valence electrons. The van der Waals surface area contributed by atoms with Crippen molar-refractivity contribution in [2.75, 3.05) is 0 Å². The summed E-state index contributed by atoms with van der Waals surface area (Å²) < 4.78 is 5.42. The number of carbonyl (C=O) groups is 2. The third-order valence-electron chi connectivity index (χ3n) is 4.49. The van der Waals surface area contributed by atoms with E-state index in [4.69, 9.17) is 4.42 Å². The van der Waals surface area contributed by atoms with Crippen molar-refractivity contribution in [1.82, 2.24) is 10.6 Å². The summed E-state index contributed by atoms with van der Waals surface area (Å²) in [5.41, 5.74) is 0.698. The topological polar surface area (TPSA) is 71.3 Å². The molecule has 0 aliphatic carbocycles. The van der Waals surface area contributed by atoms with Gasteiger partial charge in [-0.15, -0.1) is 0 Å². The van der Waals surface area contributed by atoms with Gasteiger partial charge in [-0.3, -0.25) is 9.59 Å². The second-order valence-electron chi connectivity index (χ2n) is 6.35. The first-order valence-electron chi connectivity index (χ1n) is 8.29. The van der Waals surface area contributed by atoms with Crippen LogP contribution in [-0.4, -0.2) is 17.4 Å². The van der Waals surface area contributed by atoms with Gasteiger partial charge >= 0.3 is 0 Å². The van der Waals surface area contributed by atoms with Gasteiger partial charge in [-0.2, -0.15) is 0 Å². The predicted octanol–water partition coefficient (Wildman–Crippen LogP) is 2.57. The summed E-state index contributed by atoms with van der Waals surface area (Å²) in [6, 6.07) is 13.6. The number of furan rings is 1. The zero-order valence-electron chi connectivity index (χ0n) is 13.6. The van der Waals surface area contributed by atoms with Crippen LogP contribution in [0.5, 0.6) is 0 Å². The summed E-state index contributed by atoms with van der Waals surface area (Å²) >= 11 is 0. The zero-order valence-corrected chi connectivity index (χ0v) is 13.6. The minimum atomic E-state index is -0.376. The third-order valence-corrected chi connectivity index (χ3v) is 4.49. The number of carbonyl (C=O) groups excluding carboxylic acids is 2. The largest absolute Gasteiger partial charge is 0.469 e. The Labute approximate surface area is 141 Å². The van der Waals surface area contributed by atoms with E-state index in [-0.39, 0.29) is 17.4 Å². The number of amides is 2. The third kappa shape index (κ3) is 4.25. The lowest BCUT2D eigenvalue weighted by Crippen LogP contribution is -2.44. The highest BCUT2D eigenvalue weighted by molar-refractivity contribution is 5.80. The van der Waals surface area contributed by atoms with Crippen LogP contribution in [0.3, 0.4) is 0 Å². The summed E-state index contributed by atoms with van der Waals surface area (Å²) in [5.74, 6) is 0.881. The SMILES string of the molecule is O=C(CC[C@@]1(Cc2ccco2)CCC(=O)N1)NCc1ccccc1. The fourth-order valence-corrected chi connectivity index (χ4v) is 3.17. The molecule has 2 amide bonds. The van der Waals surface area contributed by atoms with Gasteiger partial charge in [-0.05, 0) is 30.5 Å². The first-order valence-corrected chi connectivity index (χ1v) is 8.29. The van der Waals surface area contributed by atoms with E-state index in [9.17, 15) is 9.59 Å². The molecule has 2 heterocycles. The molecule has 1 aliphatic rings. The summed E-state index contributed by atoms with van der Waals surface area (Å²) in [5, 5.41) is 5.99. The van der Waals surface area contributed by atoms with Crippen molar-refractivity contribution in [3.8, 4) is 0 Å². The highest BCUT2D eigenvalue weighted by Crippen LogP contribution is 2.29. The zero-order chi connectivity index (χ0) is 16.8. The molecular formula is C19H22N2O3. The molecule has 0 radical (unpaired) electrons. The average Bonchev–Trinajstić information content (AvgIpc) is 3.23. The molecule has 0 bridgehead atoms. The van der Waals surface area contributed by atoms with E-state index in [0.29, 0.717) is 32.2 Å². The number of nitrogens with one attached hydrogen (secondary N) is 2. The standard InChI is InChI=1S/C19H22N2O3/c22-17(20-14-15-5-2-1-3-6-15)8-10-19(11-9-18(23)21-19)13-16-7-4-12-24-16/h1-7,12H,8-11,13-14H2,(H,20,22)(H,21,23)/t19-/m0/s1. The minimum Gasteiger partial charge on any atom is -0.469 e. The summed E-state index contributed by atoms with van der Waals surface area (Å²) in [7, 11) is 0. The van der Waals surface area contributed by atoms with Crippen LogP contribution in [0.2, 0.25) is 0 Å². The molecule has 1 aromatic heterocycles. The number of hydrogen-bond acceptors (Lipinski definition) is 3. The fraction of sp³-hybridized carbons (Fsp3) is 0.368. The number of hydrogen-bond donors (Lipinski definition) is 2. The quantitative estimate of drug-likeness (QED) is 0.821. The van der Waals surface area contributed by atoms with Gasteiger partial charge in [0.25, 0.3) is 0 Å². The van der Waals surface area contributed by atoms with Crippen LogP contribution in [0.4, 0.5) is 0 Å². The lowest BCUT2D eigenvalue weighted by Gasteiger charge is -2.28. The van der Waals surface area contributed by atoms with Gasteiger partial charge in [0.15, 0.2) is 0 Å². The molecule has 5 nitrogen and oxygen atoms in total. The van der Waals surface area contributed by atoms with Crippen LogP contribution < -0.4 is 10.6 Å². The van der Waals surface area contributed by atoms with Crippen molar-refractivity contribution >= 4 is 11.8 Å². The Kier molecular flexibility index (Phi) is 4.99. The summed E-state index contributed by atoms with van der Waals surface area (Å²) in [6.07, 6.45) is 4.49. The summed E-state index contributed by atoms with van der Waals surface area (Å²) in [6.45, 7) is 0.525. The van der Waals surface area contributed by atoms with Gasteiger partial charge < -0.3 is 15.1 Å². The molecule has 0 saturated carbocycles. The molecule has 3 rings (SSSR count). The first-order chi connectivity index (χ1) is 11.7. The van der Waals surface area contributed by atoms with E-state index in [1.807, 2.05) is 42.5 Å². The molecule has 0 unspecified atom stereocenters. The fourth-order valence-electron chi connectivity index (χ4n) is 3.17. The molecule has 2 N–H and O–H groups in total. The smallest absolute Gasteiger partial charge is 0.220 e. The van der Waals surface area contributed by atoms with E-state index in [1.54, 1.807) is 6.26 Å². The second-order valence-corrected chi connectivity index (χ2v) is 6.35. The van der Waals surface area contributed by atoms with E-state index < -0.39 is 0 Å². The molecule has 1 atom stereocenters. The highest BCUT2D eigenvalue weighted by Gasteiger charge is 2.38.